The van der Waals surface area contributed by atoms with Crippen LogP contribution in [0, 0.1) is 0 Å². The number of rotatable bonds is 4. The van der Waals surface area contributed by atoms with Crippen LogP contribution in [-0.4, -0.2) is 32.8 Å². The Morgan fingerprint density at radius 2 is 2.08 bits per heavy atom. The molecule has 0 aliphatic rings. The second-order valence-corrected chi connectivity index (χ2v) is 2.77. The molecule has 0 aliphatic carbocycles. The molecule has 0 atom stereocenters. The third kappa shape index (κ3) is 3.20. The fourth-order valence-electron chi connectivity index (χ4n) is 0.780. The number of anilines is 2. The average molecular weight is 183 g/mol. The van der Waals surface area contributed by atoms with Crippen molar-refractivity contribution in [3.63, 3.8) is 0 Å². The van der Waals surface area contributed by atoms with Crippen molar-refractivity contribution in [1.82, 2.24) is 15.0 Å². The Kier molecular flexibility index (Phi) is 3.39. The van der Waals surface area contributed by atoms with E-state index in [0.717, 1.165) is 0 Å². The Labute approximate surface area is 76.4 Å². The Balaban J connectivity index is 2.67. The summed E-state index contributed by atoms with van der Waals surface area (Å²) >= 11 is 0. The highest BCUT2D eigenvalue weighted by atomic mass is 16.3. The van der Waals surface area contributed by atoms with E-state index in [2.05, 4.69) is 25.6 Å². The first-order valence-electron chi connectivity index (χ1n) is 4.02. The van der Waals surface area contributed by atoms with Crippen molar-refractivity contribution in [2.45, 2.75) is 19.9 Å². The van der Waals surface area contributed by atoms with Gasteiger partial charge in [-0.3, -0.25) is 0 Å². The number of nitrogens with zero attached hydrogens (tertiary/aromatic N) is 3. The molecular formula is C7H13N5O. The lowest BCUT2D eigenvalue weighted by Crippen LogP contribution is -2.14. The number of aliphatic hydroxyl groups excluding tert-OH is 1. The smallest absolute Gasteiger partial charge is 0.229 e. The molecule has 0 saturated heterocycles. The van der Waals surface area contributed by atoms with Crippen LogP contribution >= 0.6 is 0 Å². The average Bonchev–Trinajstić information content (AvgIpc) is 2.04. The maximum Gasteiger partial charge on any atom is 0.229 e. The minimum absolute atomic E-state index is 0.189. The molecule has 0 spiro atoms. The summed E-state index contributed by atoms with van der Waals surface area (Å²) in [4.78, 5) is 11.7. The molecule has 0 saturated carbocycles. The summed E-state index contributed by atoms with van der Waals surface area (Å²) in [5, 5.41) is 14.2. The number of hydrogen-bond acceptors (Lipinski definition) is 6. The summed E-state index contributed by atoms with van der Waals surface area (Å²) in [6, 6.07) is 0.268. The highest BCUT2D eigenvalue weighted by Crippen LogP contribution is 2.02. The molecule has 0 bridgehead atoms. The normalized spacial score (nSPS) is 10.2. The molecule has 0 unspecified atom stereocenters. The summed E-state index contributed by atoms with van der Waals surface area (Å²) in [7, 11) is 0. The standard InChI is InChI=1S/C7H13N5O/c1-5(2)11-7-9-3-8-6(12-7)10-4-13/h3,5,13H,4H2,1-2H3,(H2,8,9,10,11,12). The van der Waals surface area contributed by atoms with Gasteiger partial charge in [0.05, 0.1) is 0 Å². The van der Waals surface area contributed by atoms with Crippen LogP contribution in [0.3, 0.4) is 0 Å². The molecule has 1 rings (SSSR count). The van der Waals surface area contributed by atoms with Crippen LogP contribution in [-0.2, 0) is 0 Å². The van der Waals surface area contributed by atoms with Gasteiger partial charge in [-0.05, 0) is 13.8 Å². The van der Waals surface area contributed by atoms with Gasteiger partial charge in [0.2, 0.25) is 11.9 Å². The fraction of sp³-hybridized carbons (Fsp3) is 0.571. The molecule has 0 amide bonds. The highest BCUT2D eigenvalue weighted by Gasteiger charge is 2.00. The summed E-state index contributed by atoms with van der Waals surface area (Å²) in [5.41, 5.74) is 0. The van der Waals surface area contributed by atoms with Crippen molar-refractivity contribution in [2.75, 3.05) is 17.4 Å². The minimum Gasteiger partial charge on any atom is -0.376 e. The van der Waals surface area contributed by atoms with E-state index in [1.54, 1.807) is 0 Å². The van der Waals surface area contributed by atoms with Crippen LogP contribution in [0.5, 0.6) is 0 Å². The quantitative estimate of drug-likeness (QED) is 0.572. The van der Waals surface area contributed by atoms with E-state index >= 15 is 0 Å². The van der Waals surface area contributed by atoms with E-state index in [1.165, 1.54) is 6.33 Å². The predicted molar refractivity (Wildman–Crippen MR) is 49.3 cm³/mol. The number of aromatic nitrogens is 3. The van der Waals surface area contributed by atoms with Gasteiger partial charge < -0.3 is 15.7 Å². The van der Waals surface area contributed by atoms with Crippen molar-refractivity contribution in [3.05, 3.63) is 6.33 Å². The van der Waals surface area contributed by atoms with Crippen LogP contribution in [0.2, 0.25) is 0 Å². The lowest BCUT2D eigenvalue weighted by molar-refractivity contribution is 0.324. The zero-order chi connectivity index (χ0) is 9.68. The van der Waals surface area contributed by atoms with Crippen LogP contribution in [0.25, 0.3) is 0 Å². The topological polar surface area (TPSA) is 83.0 Å². The Morgan fingerprint density at radius 3 is 2.69 bits per heavy atom. The van der Waals surface area contributed by atoms with Gasteiger partial charge in [0.25, 0.3) is 0 Å². The maximum absolute atomic E-state index is 8.56. The molecule has 72 valence electrons. The second-order valence-electron chi connectivity index (χ2n) is 2.77. The van der Waals surface area contributed by atoms with Gasteiger partial charge in [0, 0.05) is 6.04 Å². The predicted octanol–water partition coefficient (Wildman–Crippen LogP) is 0.0536. The van der Waals surface area contributed by atoms with Crippen LogP contribution in [0.1, 0.15) is 13.8 Å². The zero-order valence-corrected chi connectivity index (χ0v) is 7.65. The Bertz CT molecular complexity index is 265. The van der Waals surface area contributed by atoms with E-state index in [-0.39, 0.29) is 12.8 Å². The summed E-state index contributed by atoms with van der Waals surface area (Å²) in [5.74, 6) is 0.863. The molecule has 0 aliphatic heterocycles. The molecule has 6 nitrogen and oxygen atoms in total. The summed E-state index contributed by atoms with van der Waals surface area (Å²) < 4.78 is 0. The SMILES string of the molecule is CC(C)Nc1ncnc(NCO)n1. The second kappa shape index (κ2) is 4.56. The van der Waals surface area contributed by atoms with Crippen molar-refractivity contribution in [1.29, 1.82) is 0 Å². The van der Waals surface area contributed by atoms with E-state index in [4.69, 9.17) is 5.11 Å². The molecule has 13 heavy (non-hydrogen) atoms. The maximum atomic E-state index is 8.56. The van der Waals surface area contributed by atoms with Gasteiger partial charge in [-0.2, -0.15) is 4.98 Å². The van der Waals surface area contributed by atoms with Gasteiger partial charge in [-0.25, -0.2) is 9.97 Å². The third-order valence-electron chi connectivity index (χ3n) is 1.23. The zero-order valence-electron chi connectivity index (χ0n) is 7.65. The molecule has 1 aromatic rings. The van der Waals surface area contributed by atoms with Gasteiger partial charge in [0.15, 0.2) is 0 Å². The van der Waals surface area contributed by atoms with Crippen LogP contribution < -0.4 is 10.6 Å². The summed E-state index contributed by atoms with van der Waals surface area (Å²) in [6.45, 7) is 3.79. The van der Waals surface area contributed by atoms with Crippen molar-refractivity contribution >= 4 is 11.9 Å². The Hall–Kier alpha value is -1.43. The molecule has 1 aromatic heterocycles. The van der Waals surface area contributed by atoms with E-state index in [0.29, 0.717) is 11.9 Å². The van der Waals surface area contributed by atoms with E-state index in [1.807, 2.05) is 13.8 Å². The van der Waals surface area contributed by atoms with Gasteiger partial charge in [0.1, 0.15) is 13.1 Å². The van der Waals surface area contributed by atoms with Crippen LogP contribution in [0.4, 0.5) is 11.9 Å². The Morgan fingerprint density at radius 1 is 1.38 bits per heavy atom. The first-order valence-corrected chi connectivity index (χ1v) is 4.02. The molecule has 6 heteroatoms. The van der Waals surface area contributed by atoms with Gasteiger partial charge >= 0.3 is 0 Å². The third-order valence-corrected chi connectivity index (χ3v) is 1.23. The fourth-order valence-corrected chi connectivity index (χ4v) is 0.780. The van der Waals surface area contributed by atoms with E-state index in [9.17, 15) is 0 Å². The first kappa shape index (κ1) is 9.66. The largest absolute Gasteiger partial charge is 0.376 e. The summed E-state index contributed by atoms with van der Waals surface area (Å²) in [6.07, 6.45) is 1.38. The molecule has 0 aromatic carbocycles. The lowest BCUT2D eigenvalue weighted by atomic mass is 10.4. The van der Waals surface area contributed by atoms with Crippen molar-refractivity contribution < 1.29 is 5.11 Å². The molecule has 1 heterocycles. The monoisotopic (exact) mass is 183 g/mol. The van der Waals surface area contributed by atoms with Crippen molar-refractivity contribution in [3.8, 4) is 0 Å². The van der Waals surface area contributed by atoms with E-state index < -0.39 is 0 Å². The number of aliphatic hydroxyl groups is 1. The lowest BCUT2D eigenvalue weighted by Gasteiger charge is -2.08. The molecule has 0 fully saturated rings. The molecular weight excluding hydrogens is 170 g/mol. The number of nitrogens with one attached hydrogen (secondary N) is 2. The van der Waals surface area contributed by atoms with Gasteiger partial charge in [-0.1, -0.05) is 0 Å². The molecule has 3 N–H and O–H groups in total. The minimum atomic E-state index is -0.189. The van der Waals surface area contributed by atoms with Gasteiger partial charge in [-0.15, -0.1) is 0 Å². The van der Waals surface area contributed by atoms with Crippen LogP contribution in [0.15, 0.2) is 6.33 Å². The molecule has 0 radical (unpaired) electrons. The number of hydrogen-bond donors (Lipinski definition) is 3. The van der Waals surface area contributed by atoms with Crippen molar-refractivity contribution in [2.24, 2.45) is 0 Å². The highest BCUT2D eigenvalue weighted by molar-refractivity contribution is 5.32. The first-order chi connectivity index (χ1) is 6.22.